The van der Waals surface area contributed by atoms with Crippen LogP contribution < -0.4 is 15.1 Å². The number of thiocarbonyl (C=S) groups is 1. The minimum absolute atomic E-state index is 0.249. The first-order chi connectivity index (χ1) is 18.1. The van der Waals surface area contributed by atoms with E-state index in [-0.39, 0.29) is 17.9 Å². The highest BCUT2D eigenvalue weighted by Crippen LogP contribution is 2.43. The topological polar surface area (TPSA) is 53.8 Å². The zero-order valence-corrected chi connectivity index (χ0v) is 22.2. The van der Waals surface area contributed by atoms with Crippen molar-refractivity contribution in [2.75, 3.05) is 36.1 Å². The van der Waals surface area contributed by atoms with Crippen LogP contribution in [0.3, 0.4) is 0 Å². The summed E-state index contributed by atoms with van der Waals surface area (Å²) < 4.78 is 27.2. The van der Waals surface area contributed by atoms with Gasteiger partial charge >= 0.3 is 0 Å². The molecule has 1 N–H and O–H groups in total. The van der Waals surface area contributed by atoms with Gasteiger partial charge in [0.25, 0.3) is 0 Å². The molecular weight excluding hydrogens is 555 g/mol. The lowest BCUT2D eigenvalue weighted by Crippen LogP contribution is -2.36. The lowest BCUT2D eigenvalue weighted by Gasteiger charge is -2.30. The number of aromatic nitrogens is 1. The van der Waals surface area contributed by atoms with Crippen LogP contribution in [-0.4, -0.2) is 36.4 Å². The van der Waals surface area contributed by atoms with Crippen molar-refractivity contribution in [3.05, 3.63) is 101 Å². The van der Waals surface area contributed by atoms with E-state index in [4.69, 9.17) is 21.4 Å². The van der Waals surface area contributed by atoms with Crippen LogP contribution in [0.25, 0.3) is 11.3 Å². The number of anilines is 2. The first-order valence-corrected chi connectivity index (χ1v) is 13.3. The number of halogens is 2. The molecule has 2 aromatic heterocycles. The molecule has 0 bridgehead atoms. The third kappa shape index (κ3) is 4.74. The highest BCUT2D eigenvalue weighted by molar-refractivity contribution is 9.10. The Kier molecular flexibility index (Phi) is 6.67. The normalized spacial score (nSPS) is 19.8. The Morgan fingerprint density at radius 1 is 0.973 bits per heavy atom. The average Bonchev–Trinajstić information content (AvgIpc) is 3.54. The Morgan fingerprint density at radius 3 is 2.49 bits per heavy atom. The van der Waals surface area contributed by atoms with Gasteiger partial charge in [-0.05, 0) is 78.9 Å². The maximum absolute atomic E-state index is 14.7. The highest BCUT2D eigenvalue weighted by atomic mass is 79.9. The van der Waals surface area contributed by atoms with Crippen LogP contribution >= 0.6 is 28.1 Å². The zero-order chi connectivity index (χ0) is 25.4. The molecule has 0 radical (unpaired) electrons. The number of furan rings is 1. The fraction of sp³-hybridized carbons (Fsp3) is 0.214. The number of nitrogens with one attached hydrogen (secondary N) is 1. The maximum Gasteiger partial charge on any atom is 0.174 e. The van der Waals surface area contributed by atoms with E-state index in [0.717, 1.165) is 43.4 Å². The van der Waals surface area contributed by atoms with Gasteiger partial charge in [-0.15, -0.1) is 0 Å². The standard InChI is InChI=1S/C28H24BrFN4O2S/c29-18-4-9-21(22(30)17-18)24-10-11-25(36-24)27-26(23-3-1-2-12-31-23)32-28(37)34(27)20-7-5-19(6-8-20)33-13-15-35-16-14-33/h1-12,17,26-27H,13-16H2,(H,32,37)/t26-,27+/m0/s1. The molecule has 2 aliphatic rings. The lowest BCUT2D eigenvalue weighted by atomic mass is 10.0. The summed E-state index contributed by atoms with van der Waals surface area (Å²) in [5, 5.41) is 4.02. The fourth-order valence-electron chi connectivity index (χ4n) is 4.91. The highest BCUT2D eigenvalue weighted by Gasteiger charge is 2.42. The van der Waals surface area contributed by atoms with Gasteiger partial charge < -0.3 is 24.3 Å². The van der Waals surface area contributed by atoms with Crippen molar-refractivity contribution in [3.8, 4) is 11.3 Å². The Bertz CT molecular complexity index is 1410. The quantitative estimate of drug-likeness (QED) is 0.280. The van der Waals surface area contributed by atoms with E-state index in [0.29, 0.717) is 26.7 Å². The molecule has 6 rings (SSSR count). The Balaban J connectivity index is 1.38. The van der Waals surface area contributed by atoms with Crippen molar-refractivity contribution < 1.29 is 13.5 Å². The molecule has 37 heavy (non-hydrogen) atoms. The summed E-state index contributed by atoms with van der Waals surface area (Å²) in [7, 11) is 0. The van der Waals surface area contributed by atoms with Crippen LogP contribution in [0, 0.1) is 5.82 Å². The molecule has 2 fully saturated rings. The van der Waals surface area contributed by atoms with Crippen LogP contribution in [0.4, 0.5) is 15.8 Å². The summed E-state index contributed by atoms with van der Waals surface area (Å²) >= 11 is 9.14. The molecular formula is C28H24BrFN4O2S. The number of hydrogen-bond acceptors (Lipinski definition) is 5. The summed E-state index contributed by atoms with van der Waals surface area (Å²) in [4.78, 5) is 8.96. The minimum atomic E-state index is -0.354. The van der Waals surface area contributed by atoms with Gasteiger partial charge in [0.05, 0.1) is 30.5 Å². The third-order valence-electron chi connectivity index (χ3n) is 6.72. The number of morpholine rings is 1. The molecule has 6 nitrogen and oxygen atoms in total. The van der Waals surface area contributed by atoms with Gasteiger partial charge in [0.15, 0.2) is 5.11 Å². The molecule has 0 aliphatic carbocycles. The smallest absolute Gasteiger partial charge is 0.174 e. The van der Waals surface area contributed by atoms with Crippen LogP contribution in [0.5, 0.6) is 0 Å². The summed E-state index contributed by atoms with van der Waals surface area (Å²) in [5.74, 6) is 0.768. The van der Waals surface area contributed by atoms with Crippen molar-refractivity contribution in [2.24, 2.45) is 0 Å². The van der Waals surface area contributed by atoms with Gasteiger partial charge in [0.1, 0.15) is 23.4 Å². The Hall–Kier alpha value is -3.27. The Labute approximate surface area is 228 Å². The molecule has 4 heterocycles. The van der Waals surface area contributed by atoms with E-state index in [9.17, 15) is 4.39 Å². The SMILES string of the molecule is Fc1cc(Br)ccc1-c1ccc([C@@H]2[C@H](c3ccccn3)NC(=S)N2c2ccc(N3CCOCC3)cc2)o1. The van der Waals surface area contributed by atoms with Crippen LogP contribution in [0.15, 0.2) is 87.9 Å². The molecule has 2 atom stereocenters. The average molecular weight is 579 g/mol. The van der Waals surface area contributed by atoms with Gasteiger partial charge in [0, 0.05) is 35.1 Å². The predicted molar refractivity (Wildman–Crippen MR) is 149 cm³/mol. The van der Waals surface area contributed by atoms with Crippen LogP contribution in [-0.2, 0) is 4.74 Å². The fourth-order valence-corrected chi connectivity index (χ4v) is 5.59. The second-order valence-electron chi connectivity index (χ2n) is 8.94. The van der Waals surface area contributed by atoms with Crippen molar-refractivity contribution in [1.29, 1.82) is 0 Å². The maximum atomic E-state index is 14.7. The van der Waals surface area contributed by atoms with Crippen molar-refractivity contribution in [1.82, 2.24) is 10.3 Å². The number of rotatable bonds is 5. The zero-order valence-electron chi connectivity index (χ0n) is 19.8. The number of pyridine rings is 1. The van der Waals surface area contributed by atoms with Crippen molar-refractivity contribution in [2.45, 2.75) is 12.1 Å². The second-order valence-corrected chi connectivity index (χ2v) is 10.2. The number of benzene rings is 2. The molecule has 0 spiro atoms. The number of hydrogen-bond donors (Lipinski definition) is 1. The van der Waals surface area contributed by atoms with Crippen molar-refractivity contribution in [3.63, 3.8) is 0 Å². The van der Waals surface area contributed by atoms with E-state index >= 15 is 0 Å². The van der Waals surface area contributed by atoms with Gasteiger partial charge in [-0.1, -0.05) is 22.0 Å². The summed E-state index contributed by atoms with van der Waals surface area (Å²) in [6.07, 6.45) is 1.77. The molecule has 0 unspecified atom stereocenters. The predicted octanol–water partition coefficient (Wildman–Crippen LogP) is 6.26. The first-order valence-electron chi connectivity index (χ1n) is 12.1. The van der Waals surface area contributed by atoms with Gasteiger partial charge in [-0.2, -0.15) is 0 Å². The van der Waals surface area contributed by atoms with E-state index in [1.165, 1.54) is 6.07 Å². The van der Waals surface area contributed by atoms with Crippen LogP contribution in [0.2, 0.25) is 0 Å². The first kappa shape index (κ1) is 24.1. The van der Waals surface area contributed by atoms with E-state index < -0.39 is 0 Å². The molecule has 2 aliphatic heterocycles. The van der Waals surface area contributed by atoms with E-state index in [2.05, 4.69) is 60.3 Å². The molecule has 2 aromatic carbocycles. The number of nitrogens with zero attached hydrogens (tertiary/aromatic N) is 3. The van der Waals surface area contributed by atoms with Crippen molar-refractivity contribution >= 4 is 44.6 Å². The monoisotopic (exact) mass is 578 g/mol. The molecule has 188 valence electrons. The largest absolute Gasteiger partial charge is 0.459 e. The third-order valence-corrected chi connectivity index (χ3v) is 7.52. The van der Waals surface area contributed by atoms with Gasteiger partial charge in [-0.25, -0.2) is 4.39 Å². The van der Waals surface area contributed by atoms with Gasteiger partial charge in [0.2, 0.25) is 0 Å². The molecule has 0 amide bonds. The second kappa shape index (κ2) is 10.2. The Morgan fingerprint density at radius 2 is 1.76 bits per heavy atom. The minimum Gasteiger partial charge on any atom is -0.459 e. The summed E-state index contributed by atoms with van der Waals surface area (Å²) in [5.41, 5.74) is 3.33. The van der Waals surface area contributed by atoms with E-state index in [1.807, 2.05) is 24.3 Å². The molecule has 9 heteroatoms. The van der Waals surface area contributed by atoms with Gasteiger partial charge in [-0.3, -0.25) is 4.98 Å². The summed E-state index contributed by atoms with van der Waals surface area (Å²) in [6, 6.07) is 22.2. The molecule has 4 aromatic rings. The summed E-state index contributed by atoms with van der Waals surface area (Å²) in [6.45, 7) is 3.20. The van der Waals surface area contributed by atoms with Crippen LogP contribution in [0.1, 0.15) is 23.5 Å². The molecule has 2 saturated heterocycles. The molecule has 0 saturated carbocycles. The number of ether oxygens (including phenoxy) is 1. The van der Waals surface area contributed by atoms with E-state index in [1.54, 1.807) is 24.4 Å². The lowest BCUT2D eigenvalue weighted by molar-refractivity contribution is 0.122.